The highest BCUT2D eigenvalue weighted by Gasteiger charge is 2.36. The maximum absolute atomic E-state index is 12.5. The molecule has 1 N–H and O–H groups in total. The molecule has 168 valence electrons. The second kappa shape index (κ2) is 10.5. The molecule has 0 spiro atoms. The molecule has 0 unspecified atom stereocenters. The Morgan fingerprint density at radius 1 is 0.677 bits per heavy atom. The van der Waals surface area contributed by atoms with Gasteiger partial charge >= 0.3 is 0 Å². The molecule has 2 aromatic heterocycles. The molecule has 2 aromatic rings. The van der Waals surface area contributed by atoms with Gasteiger partial charge in [0.05, 0.1) is 11.1 Å². The highest BCUT2D eigenvalue weighted by Crippen LogP contribution is 2.35. The zero-order chi connectivity index (χ0) is 22.4. The Kier molecular flexibility index (Phi) is 7.80. The maximum atomic E-state index is 12.5. The van der Waals surface area contributed by atoms with E-state index in [1.165, 1.54) is 0 Å². The first kappa shape index (κ1) is 23.0. The van der Waals surface area contributed by atoms with Crippen molar-refractivity contribution in [3.63, 3.8) is 0 Å². The van der Waals surface area contributed by atoms with E-state index in [-0.39, 0.29) is 22.7 Å². The van der Waals surface area contributed by atoms with Crippen LogP contribution in [0.5, 0.6) is 0 Å². The van der Waals surface area contributed by atoms with Gasteiger partial charge in [0.25, 0.3) is 11.8 Å². The van der Waals surface area contributed by atoms with Crippen LogP contribution in [-0.4, -0.2) is 38.2 Å². The molecule has 3 rings (SSSR count). The number of nitrogens with one attached hydrogen (secondary N) is 1. The summed E-state index contributed by atoms with van der Waals surface area (Å²) in [6.07, 6.45) is -1.41. The molecule has 2 amide bonds. The van der Waals surface area contributed by atoms with E-state index in [4.69, 9.17) is 27.8 Å². The minimum absolute atomic E-state index is 0.0771. The molecule has 0 aliphatic carbocycles. The quantitative estimate of drug-likeness (QED) is 0.400. The van der Waals surface area contributed by atoms with E-state index in [2.05, 4.69) is 5.32 Å². The van der Waals surface area contributed by atoms with Gasteiger partial charge in [-0.25, -0.2) is 0 Å². The van der Waals surface area contributed by atoms with Gasteiger partial charge in [-0.15, -0.1) is 0 Å². The van der Waals surface area contributed by atoms with Gasteiger partial charge in [-0.3, -0.25) is 14.9 Å². The first-order chi connectivity index (χ1) is 15.0. The van der Waals surface area contributed by atoms with Crippen molar-refractivity contribution >= 4 is 23.0 Å². The van der Waals surface area contributed by atoms with Gasteiger partial charge in [0.1, 0.15) is 11.5 Å². The third-order valence-electron chi connectivity index (χ3n) is 4.41. The van der Waals surface area contributed by atoms with E-state index >= 15 is 0 Å². The van der Waals surface area contributed by atoms with Gasteiger partial charge in [0.2, 0.25) is 12.6 Å². The number of hydrogen-bond donors (Lipinski definition) is 1. The number of carbonyl (C=O) groups excluding carboxylic acids is 2. The van der Waals surface area contributed by atoms with Crippen LogP contribution in [0.25, 0.3) is 11.1 Å². The fourth-order valence-corrected chi connectivity index (χ4v) is 3.18. The standard InChI is InChI=1S/C22H27NO8/c1-5-26-21(27-6-2)15-11-9-13(30-15)17-18(20(25)23-19(17)24)14-10-12-16(31-14)22(28-7-3)29-8-4/h9-12,21-22H,5-8H2,1-4H3,(H,23,24,25). The zero-order valence-electron chi connectivity index (χ0n) is 18.1. The molecule has 9 nitrogen and oxygen atoms in total. The summed E-state index contributed by atoms with van der Waals surface area (Å²) in [6.45, 7) is 9.04. The van der Waals surface area contributed by atoms with Crippen LogP contribution in [0.2, 0.25) is 0 Å². The van der Waals surface area contributed by atoms with Crippen LogP contribution in [-0.2, 0) is 28.5 Å². The third kappa shape index (κ3) is 4.96. The Bertz CT molecular complexity index is 855. The lowest BCUT2D eigenvalue weighted by Gasteiger charge is -2.14. The Hall–Kier alpha value is -2.72. The first-order valence-electron chi connectivity index (χ1n) is 10.3. The predicted octanol–water partition coefficient (Wildman–Crippen LogP) is 3.58. The molecule has 1 aliphatic rings. The average Bonchev–Trinajstić information content (AvgIpc) is 3.46. The molecule has 31 heavy (non-hydrogen) atoms. The molecule has 1 aliphatic heterocycles. The maximum Gasteiger partial charge on any atom is 0.262 e. The van der Waals surface area contributed by atoms with E-state index in [0.29, 0.717) is 37.9 Å². The minimum atomic E-state index is -0.707. The number of rotatable bonds is 12. The third-order valence-corrected chi connectivity index (χ3v) is 4.41. The predicted molar refractivity (Wildman–Crippen MR) is 109 cm³/mol. The molecule has 0 aromatic carbocycles. The second-order valence-electron chi connectivity index (χ2n) is 6.42. The Morgan fingerprint density at radius 2 is 1.03 bits per heavy atom. The lowest BCUT2D eigenvalue weighted by atomic mass is 10.1. The van der Waals surface area contributed by atoms with Gasteiger partial charge in [-0.2, -0.15) is 0 Å². The normalized spacial score (nSPS) is 14.4. The van der Waals surface area contributed by atoms with Crippen LogP contribution >= 0.6 is 0 Å². The van der Waals surface area contributed by atoms with E-state index in [9.17, 15) is 9.59 Å². The van der Waals surface area contributed by atoms with Crippen molar-refractivity contribution in [1.82, 2.24) is 5.32 Å². The highest BCUT2D eigenvalue weighted by atomic mass is 16.7. The van der Waals surface area contributed by atoms with Crippen molar-refractivity contribution in [3.05, 3.63) is 47.3 Å². The highest BCUT2D eigenvalue weighted by molar-refractivity contribution is 6.48. The summed E-state index contributed by atoms with van der Waals surface area (Å²) in [4.78, 5) is 25.1. The van der Waals surface area contributed by atoms with Crippen LogP contribution in [0.15, 0.2) is 33.1 Å². The van der Waals surface area contributed by atoms with Crippen molar-refractivity contribution in [2.45, 2.75) is 40.3 Å². The van der Waals surface area contributed by atoms with Gasteiger partial charge in [0, 0.05) is 26.4 Å². The van der Waals surface area contributed by atoms with Crippen LogP contribution < -0.4 is 5.32 Å². The Morgan fingerprint density at radius 3 is 1.35 bits per heavy atom. The monoisotopic (exact) mass is 433 g/mol. The molecule has 0 saturated heterocycles. The molecular formula is C22H27NO8. The zero-order valence-corrected chi connectivity index (χ0v) is 18.1. The number of hydrogen-bond acceptors (Lipinski definition) is 8. The summed E-state index contributed by atoms with van der Waals surface area (Å²) in [7, 11) is 0. The van der Waals surface area contributed by atoms with E-state index < -0.39 is 24.4 Å². The summed E-state index contributed by atoms with van der Waals surface area (Å²) >= 11 is 0. The molecule has 0 bridgehead atoms. The van der Waals surface area contributed by atoms with Crippen LogP contribution in [0.3, 0.4) is 0 Å². The largest absolute Gasteiger partial charge is 0.455 e. The molecule has 0 radical (unpaired) electrons. The van der Waals surface area contributed by atoms with Crippen molar-refractivity contribution in [2.24, 2.45) is 0 Å². The van der Waals surface area contributed by atoms with Crippen LogP contribution in [0.1, 0.15) is 63.3 Å². The smallest absolute Gasteiger partial charge is 0.262 e. The van der Waals surface area contributed by atoms with Crippen LogP contribution in [0.4, 0.5) is 0 Å². The van der Waals surface area contributed by atoms with Crippen molar-refractivity contribution in [3.8, 4) is 0 Å². The van der Waals surface area contributed by atoms with Gasteiger partial charge in [-0.1, -0.05) is 0 Å². The van der Waals surface area contributed by atoms with Crippen molar-refractivity contribution in [1.29, 1.82) is 0 Å². The molecule has 0 fully saturated rings. The van der Waals surface area contributed by atoms with Gasteiger partial charge < -0.3 is 27.8 Å². The van der Waals surface area contributed by atoms with E-state index in [0.717, 1.165) is 0 Å². The summed E-state index contributed by atoms with van der Waals surface area (Å²) in [5, 5.41) is 2.29. The SMILES string of the molecule is CCOC(OCC)c1ccc(C2=C(c3ccc(C(OCC)OCC)o3)C(=O)NC2=O)o1. The lowest BCUT2D eigenvalue weighted by Crippen LogP contribution is -2.22. The van der Waals surface area contributed by atoms with E-state index in [1.807, 2.05) is 27.7 Å². The minimum Gasteiger partial charge on any atom is -0.455 e. The summed E-state index contributed by atoms with van der Waals surface area (Å²) in [5.74, 6) is 0.0590. The average molecular weight is 433 g/mol. The lowest BCUT2D eigenvalue weighted by molar-refractivity contribution is -0.150. The molecule has 0 saturated carbocycles. The molecule has 9 heteroatoms. The van der Waals surface area contributed by atoms with Crippen molar-refractivity contribution < 1.29 is 37.4 Å². The number of amides is 2. The van der Waals surface area contributed by atoms with E-state index in [1.54, 1.807) is 24.3 Å². The van der Waals surface area contributed by atoms with Gasteiger partial charge in [0.15, 0.2) is 11.5 Å². The second-order valence-corrected chi connectivity index (χ2v) is 6.42. The summed E-state index contributed by atoms with van der Waals surface area (Å²) in [6, 6.07) is 6.50. The molecular weight excluding hydrogens is 406 g/mol. The molecule has 0 atom stereocenters. The summed E-state index contributed by atoms with van der Waals surface area (Å²) < 4.78 is 33.8. The summed E-state index contributed by atoms with van der Waals surface area (Å²) in [5.41, 5.74) is 0.154. The molecule has 3 heterocycles. The number of ether oxygens (including phenoxy) is 4. The van der Waals surface area contributed by atoms with Crippen LogP contribution in [0, 0.1) is 0 Å². The first-order valence-corrected chi connectivity index (χ1v) is 10.3. The van der Waals surface area contributed by atoms with Gasteiger partial charge in [-0.05, 0) is 52.0 Å². The number of furan rings is 2. The Labute approximate surface area is 180 Å². The number of carbonyl (C=O) groups is 2. The van der Waals surface area contributed by atoms with Crippen molar-refractivity contribution in [2.75, 3.05) is 26.4 Å². The number of imide groups is 1. The fourth-order valence-electron chi connectivity index (χ4n) is 3.18. The fraction of sp³-hybridized carbons (Fsp3) is 0.455. The Balaban J connectivity index is 1.98. The topological polar surface area (TPSA) is 109 Å².